The largest absolute Gasteiger partial charge is 0.316 e. The second kappa shape index (κ2) is 5.86. The smallest absolute Gasteiger partial charge is 0.105 e. The maximum atomic E-state index is 4.46. The standard InChI is InChI=1S/C12H15BrN4S/c1-8-10(7-14-2)12(17(3)16-8)18-11-5-4-9(13)6-15-11/h4-6,14H,7H2,1-3H3. The van der Waals surface area contributed by atoms with Gasteiger partial charge in [-0.3, -0.25) is 4.68 Å². The molecule has 2 heterocycles. The number of aromatic nitrogens is 3. The number of rotatable bonds is 4. The summed E-state index contributed by atoms with van der Waals surface area (Å²) in [5, 5.41) is 9.75. The van der Waals surface area contributed by atoms with Crippen molar-refractivity contribution in [3.05, 3.63) is 34.1 Å². The molecule has 2 rings (SSSR count). The zero-order valence-electron chi connectivity index (χ0n) is 10.6. The summed E-state index contributed by atoms with van der Waals surface area (Å²) in [7, 11) is 3.91. The van der Waals surface area contributed by atoms with Crippen molar-refractivity contribution in [3.63, 3.8) is 0 Å². The Balaban J connectivity index is 2.30. The molecule has 0 saturated carbocycles. The minimum absolute atomic E-state index is 0.818. The first kappa shape index (κ1) is 13.6. The normalized spacial score (nSPS) is 10.9. The zero-order valence-corrected chi connectivity index (χ0v) is 13.0. The van der Waals surface area contributed by atoms with E-state index in [0.717, 1.165) is 26.8 Å². The van der Waals surface area contributed by atoms with Crippen molar-refractivity contribution in [1.82, 2.24) is 20.1 Å². The zero-order chi connectivity index (χ0) is 13.1. The summed E-state index contributed by atoms with van der Waals surface area (Å²) >= 11 is 5.03. The van der Waals surface area contributed by atoms with Gasteiger partial charge in [-0.2, -0.15) is 5.10 Å². The van der Waals surface area contributed by atoms with E-state index in [1.165, 1.54) is 5.56 Å². The van der Waals surface area contributed by atoms with E-state index in [1.54, 1.807) is 11.8 Å². The monoisotopic (exact) mass is 326 g/mol. The molecule has 96 valence electrons. The van der Waals surface area contributed by atoms with Crippen molar-refractivity contribution in [2.24, 2.45) is 7.05 Å². The maximum absolute atomic E-state index is 4.46. The molecule has 0 fully saturated rings. The number of halogens is 1. The summed E-state index contributed by atoms with van der Waals surface area (Å²) in [6, 6.07) is 4.00. The fraction of sp³-hybridized carbons (Fsp3) is 0.333. The summed E-state index contributed by atoms with van der Waals surface area (Å²) in [5.41, 5.74) is 2.29. The first-order valence-corrected chi connectivity index (χ1v) is 7.19. The summed E-state index contributed by atoms with van der Waals surface area (Å²) < 4.78 is 2.90. The van der Waals surface area contributed by atoms with E-state index in [-0.39, 0.29) is 0 Å². The van der Waals surface area contributed by atoms with Gasteiger partial charge < -0.3 is 5.32 Å². The van der Waals surface area contributed by atoms with Crippen LogP contribution in [0.5, 0.6) is 0 Å². The molecule has 0 aliphatic heterocycles. The molecule has 0 spiro atoms. The van der Waals surface area contributed by atoms with E-state index in [9.17, 15) is 0 Å². The van der Waals surface area contributed by atoms with Crippen LogP contribution in [0.2, 0.25) is 0 Å². The van der Waals surface area contributed by atoms with Gasteiger partial charge in [-0.05, 0) is 42.0 Å². The molecule has 0 aliphatic rings. The van der Waals surface area contributed by atoms with Crippen LogP contribution in [-0.2, 0) is 13.6 Å². The SMILES string of the molecule is CNCc1c(C)nn(C)c1Sc1ccc(Br)cn1. The third-order valence-electron chi connectivity index (χ3n) is 2.54. The highest BCUT2D eigenvalue weighted by Gasteiger charge is 2.14. The summed E-state index contributed by atoms with van der Waals surface area (Å²) in [6.45, 7) is 2.85. The minimum atomic E-state index is 0.818. The highest BCUT2D eigenvalue weighted by molar-refractivity contribution is 9.10. The van der Waals surface area contributed by atoms with Gasteiger partial charge in [0.15, 0.2) is 0 Å². The Bertz CT molecular complexity index is 536. The molecule has 4 nitrogen and oxygen atoms in total. The molecule has 2 aromatic rings. The Morgan fingerprint density at radius 3 is 2.83 bits per heavy atom. The van der Waals surface area contributed by atoms with E-state index in [4.69, 9.17) is 0 Å². The molecule has 0 atom stereocenters. The van der Waals surface area contributed by atoms with E-state index < -0.39 is 0 Å². The van der Waals surface area contributed by atoms with Gasteiger partial charge in [0.05, 0.1) is 5.69 Å². The van der Waals surface area contributed by atoms with E-state index >= 15 is 0 Å². The van der Waals surface area contributed by atoms with Gasteiger partial charge in [0, 0.05) is 29.8 Å². The molecule has 0 aliphatic carbocycles. The van der Waals surface area contributed by atoms with Crippen molar-refractivity contribution in [3.8, 4) is 0 Å². The van der Waals surface area contributed by atoms with Crippen LogP contribution in [0.1, 0.15) is 11.3 Å². The Morgan fingerprint density at radius 2 is 2.22 bits per heavy atom. The number of nitrogens with zero attached hydrogens (tertiary/aromatic N) is 3. The molecule has 0 bridgehead atoms. The van der Waals surface area contributed by atoms with Crippen molar-refractivity contribution < 1.29 is 0 Å². The second-order valence-corrected chi connectivity index (χ2v) is 5.86. The number of pyridine rings is 1. The van der Waals surface area contributed by atoms with Crippen LogP contribution >= 0.6 is 27.7 Å². The van der Waals surface area contributed by atoms with Gasteiger partial charge in [0.25, 0.3) is 0 Å². The molecule has 0 saturated heterocycles. The van der Waals surface area contributed by atoms with Gasteiger partial charge in [0.1, 0.15) is 10.1 Å². The third kappa shape index (κ3) is 2.93. The van der Waals surface area contributed by atoms with Crippen LogP contribution in [0, 0.1) is 6.92 Å². The van der Waals surface area contributed by atoms with Gasteiger partial charge in [-0.1, -0.05) is 11.8 Å². The lowest BCUT2D eigenvalue weighted by molar-refractivity contribution is 0.683. The average molecular weight is 327 g/mol. The molecule has 0 amide bonds. The Hall–Kier alpha value is -0.850. The van der Waals surface area contributed by atoms with Gasteiger partial charge in [-0.25, -0.2) is 4.98 Å². The molecule has 18 heavy (non-hydrogen) atoms. The average Bonchev–Trinajstić information content (AvgIpc) is 2.59. The summed E-state index contributed by atoms with van der Waals surface area (Å²) in [4.78, 5) is 4.38. The predicted octanol–water partition coefficient (Wildman–Crippen LogP) is 2.76. The molecule has 0 unspecified atom stereocenters. The summed E-state index contributed by atoms with van der Waals surface area (Å²) in [6.07, 6.45) is 1.81. The van der Waals surface area contributed by atoms with Crippen molar-refractivity contribution in [1.29, 1.82) is 0 Å². The van der Waals surface area contributed by atoms with Crippen molar-refractivity contribution in [2.45, 2.75) is 23.5 Å². The topological polar surface area (TPSA) is 42.7 Å². The number of hydrogen-bond donors (Lipinski definition) is 1. The molecule has 2 aromatic heterocycles. The molecular formula is C12H15BrN4S. The molecule has 0 radical (unpaired) electrons. The first-order valence-electron chi connectivity index (χ1n) is 5.58. The Morgan fingerprint density at radius 1 is 1.44 bits per heavy atom. The number of hydrogen-bond acceptors (Lipinski definition) is 4. The van der Waals surface area contributed by atoms with Crippen LogP contribution in [0.15, 0.2) is 32.9 Å². The lowest BCUT2D eigenvalue weighted by Crippen LogP contribution is -2.06. The molecule has 6 heteroatoms. The lowest BCUT2D eigenvalue weighted by atomic mass is 10.3. The van der Waals surface area contributed by atoms with E-state index in [1.807, 2.05) is 44.0 Å². The highest BCUT2D eigenvalue weighted by atomic mass is 79.9. The van der Waals surface area contributed by atoms with Crippen LogP contribution in [0.3, 0.4) is 0 Å². The molecular weight excluding hydrogens is 312 g/mol. The van der Waals surface area contributed by atoms with Crippen LogP contribution < -0.4 is 5.32 Å². The lowest BCUT2D eigenvalue weighted by Gasteiger charge is -2.05. The van der Waals surface area contributed by atoms with Crippen LogP contribution in [0.4, 0.5) is 0 Å². The van der Waals surface area contributed by atoms with Gasteiger partial charge >= 0.3 is 0 Å². The second-order valence-electron chi connectivity index (χ2n) is 3.94. The van der Waals surface area contributed by atoms with Gasteiger partial charge in [-0.15, -0.1) is 0 Å². The van der Waals surface area contributed by atoms with Crippen LogP contribution in [0.25, 0.3) is 0 Å². The summed E-state index contributed by atoms with van der Waals surface area (Å²) in [5.74, 6) is 0. The van der Waals surface area contributed by atoms with Crippen LogP contribution in [-0.4, -0.2) is 21.8 Å². The fourth-order valence-electron chi connectivity index (χ4n) is 1.71. The fourth-order valence-corrected chi connectivity index (χ4v) is 2.90. The molecule has 1 N–H and O–H groups in total. The minimum Gasteiger partial charge on any atom is -0.316 e. The van der Waals surface area contributed by atoms with Crippen molar-refractivity contribution >= 4 is 27.7 Å². The Labute approximate surface area is 119 Å². The van der Waals surface area contributed by atoms with Gasteiger partial charge in [0.2, 0.25) is 0 Å². The highest BCUT2D eigenvalue weighted by Crippen LogP contribution is 2.30. The Kier molecular flexibility index (Phi) is 4.42. The third-order valence-corrected chi connectivity index (χ3v) is 4.17. The number of nitrogens with one attached hydrogen (secondary N) is 1. The maximum Gasteiger partial charge on any atom is 0.105 e. The predicted molar refractivity (Wildman–Crippen MR) is 76.8 cm³/mol. The van der Waals surface area contributed by atoms with Crippen molar-refractivity contribution in [2.75, 3.05) is 7.05 Å². The number of aryl methyl sites for hydroxylation is 2. The quantitative estimate of drug-likeness (QED) is 0.938. The van der Waals surface area contributed by atoms with E-state index in [2.05, 4.69) is 31.3 Å². The molecule has 0 aromatic carbocycles. The first-order chi connectivity index (χ1) is 8.61. The van der Waals surface area contributed by atoms with E-state index in [0.29, 0.717) is 0 Å².